The van der Waals surface area contributed by atoms with E-state index in [1.54, 1.807) is 19.3 Å². The van der Waals surface area contributed by atoms with Crippen LogP contribution in [0.25, 0.3) is 0 Å². The van der Waals surface area contributed by atoms with Crippen molar-refractivity contribution in [3.8, 4) is 0 Å². The van der Waals surface area contributed by atoms with E-state index in [1.807, 2.05) is 13.0 Å². The maximum Gasteiger partial charge on any atom is 0.321 e. The smallest absolute Gasteiger partial charge is 0.321 e. The van der Waals surface area contributed by atoms with Gasteiger partial charge in [0.2, 0.25) is 5.91 Å². The molecule has 0 saturated carbocycles. The second-order valence-corrected chi connectivity index (χ2v) is 3.69. The molecule has 1 aromatic heterocycles. The average Bonchev–Trinajstić information content (AvgIpc) is 2.82. The van der Waals surface area contributed by atoms with Gasteiger partial charge in [-0.2, -0.15) is 0 Å². The van der Waals surface area contributed by atoms with Crippen molar-refractivity contribution in [3.63, 3.8) is 0 Å². The van der Waals surface area contributed by atoms with E-state index in [1.165, 1.54) is 7.05 Å². The highest BCUT2D eigenvalue weighted by molar-refractivity contribution is 5.96. The molecular formula is C11H17N3O3. The molecule has 3 N–H and O–H groups in total. The Bertz CT molecular complexity index is 375. The second kappa shape index (κ2) is 6.05. The minimum atomic E-state index is -0.519. The number of carbonyl (C=O) groups is 2. The normalized spacial score (nSPS) is 13.8. The van der Waals surface area contributed by atoms with Crippen LogP contribution >= 0.6 is 0 Å². The molecule has 94 valence electrons. The summed E-state index contributed by atoms with van der Waals surface area (Å²) in [5.41, 5.74) is 0. The Morgan fingerprint density at radius 3 is 2.59 bits per heavy atom. The van der Waals surface area contributed by atoms with Crippen molar-refractivity contribution in [1.82, 2.24) is 16.0 Å². The number of amides is 3. The van der Waals surface area contributed by atoms with Gasteiger partial charge in [-0.15, -0.1) is 0 Å². The highest BCUT2D eigenvalue weighted by atomic mass is 16.3. The maximum atomic E-state index is 11.6. The first-order valence-electron chi connectivity index (χ1n) is 5.36. The summed E-state index contributed by atoms with van der Waals surface area (Å²) in [4.78, 5) is 22.5. The van der Waals surface area contributed by atoms with E-state index in [9.17, 15) is 9.59 Å². The molecule has 6 heteroatoms. The van der Waals surface area contributed by atoms with Gasteiger partial charge in [-0.3, -0.25) is 15.4 Å². The summed E-state index contributed by atoms with van der Waals surface area (Å²) in [5.74, 6) is 0.354. The lowest BCUT2D eigenvalue weighted by molar-refractivity contribution is -0.121. The van der Waals surface area contributed by atoms with Crippen molar-refractivity contribution >= 4 is 11.9 Å². The molecule has 2 atom stereocenters. The molecule has 0 aliphatic heterocycles. The first-order valence-corrected chi connectivity index (χ1v) is 5.36. The Balaban J connectivity index is 2.46. The maximum absolute atomic E-state index is 11.6. The molecule has 6 nitrogen and oxygen atoms in total. The number of hydrogen-bond donors (Lipinski definition) is 3. The molecule has 17 heavy (non-hydrogen) atoms. The molecule has 1 aromatic rings. The number of imide groups is 1. The van der Waals surface area contributed by atoms with Crippen molar-refractivity contribution in [2.75, 3.05) is 7.05 Å². The van der Waals surface area contributed by atoms with Crippen LogP contribution in [0.5, 0.6) is 0 Å². The Kier molecular flexibility index (Phi) is 4.71. The van der Waals surface area contributed by atoms with E-state index in [2.05, 4.69) is 16.0 Å². The second-order valence-electron chi connectivity index (χ2n) is 3.69. The van der Waals surface area contributed by atoms with Gasteiger partial charge < -0.3 is 9.73 Å². The van der Waals surface area contributed by atoms with Gasteiger partial charge in [-0.05, 0) is 26.0 Å². The zero-order chi connectivity index (χ0) is 12.8. The molecular weight excluding hydrogens is 222 g/mol. The van der Waals surface area contributed by atoms with Gasteiger partial charge in [0.15, 0.2) is 0 Å². The molecule has 0 bridgehead atoms. The topological polar surface area (TPSA) is 83.4 Å². The molecule has 1 rings (SSSR count). The van der Waals surface area contributed by atoms with Gasteiger partial charge >= 0.3 is 6.03 Å². The van der Waals surface area contributed by atoms with Crippen LogP contribution in [0, 0.1) is 0 Å². The van der Waals surface area contributed by atoms with E-state index < -0.39 is 12.1 Å². The summed E-state index contributed by atoms with van der Waals surface area (Å²) >= 11 is 0. The summed E-state index contributed by atoms with van der Waals surface area (Å²) in [6.45, 7) is 3.56. The quantitative estimate of drug-likeness (QED) is 0.724. The standard InChI is InChI=1S/C11H17N3O3/c1-7(9-5-4-6-17-9)13-8(2)10(15)14-11(16)12-3/h4-8,13H,1-3H3,(H2,12,14,15,16)/t7-,8-/m0/s1. The van der Waals surface area contributed by atoms with Gasteiger partial charge in [0.25, 0.3) is 0 Å². The largest absolute Gasteiger partial charge is 0.468 e. The predicted octanol–water partition coefficient (Wildman–Crippen LogP) is 0.774. The Morgan fingerprint density at radius 1 is 1.35 bits per heavy atom. The summed E-state index contributed by atoms with van der Waals surface area (Å²) < 4.78 is 5.20. The lowest BCUT2D eigenvalue weighted by Crippen LogP contribution is -2.47. The average molecular weight is 239 g/mol. The molecule has 1 heterocycles. The molecule has 3 amide bonds. The third-order valence-corrected chi connectivity index (χ3v) is 2.33. The minimum Gasteiger partial charge on any atom is -0.468 e. The number of hydrogen-bond acceptors (Lipinski definition) is 4. The fraction of sp³-hybridized carbons (Fsp3) is 0.455. The first-order chi connectivity index (χ1) is 8.04. The fourth-order valence-corrected chi connectivity index (χ4v) is 1.35. The van der Waals surface area contributed by atoms with Crippen LogP contribution in [0.4, 0.5) is 4.79 Å². The third kappa shape index (κ3) is 3.92. The highest BCUT2D eigenvalue weighted by Crippen LogP contribution is 2.12. The SMILES string of the molecule is CNC(=O)NC(=O)[C@H](C)N[C@@H](C)c1ccco1. The summed E-state index contributed by atoms with van der Waals surface area (Å²) in [7, 11) is 1.45. The Labute approximate surface area is 99.8 Å². The van der Waals surface area contributed by atoms with Crippen LogP contribution in [-0.2, 0) is 4.79 Å². The number of rotatable bonds is 4. The Morgan fingerprint density at radius 2 is 2.06 bits per heavy atom. The number of nitrogens with one attached hydrogen (secondary N) is 3. The summed E-state index contributed by atoms with van der Waals surface area (Å²) in [6, 6.07) is 2.49. The third-order valence-electron chi connectivity index (χ3n) is 2.33. The van der Waals surface area contributed by atoms with E-state index in [0.29, 0.717) is 0 Å². The van der Waals surface area contributed by atoms with E-state index in [0.717, 1.165) is 5.76 Å². The van der Waals surface area contributed by atoms with Gasteiger partial charge in [-0.25, -0.2) is 4.79 Å². The van der Waals surface area contributed by atoms with Crippen LogP contribution in [0.15, 0.2) is 22.8 Å². The lowest BCUT2D eigenvalue weighted by Gasteiger charge is -2.17. The lowest BCUT2D eigenvalue weighted by atomic mass is 10.2. The van der Waals surface area contributed by atoms with Crippen molar-refractivity contribution in [2.24, 2.45) is 0 Å². The van der Waals surface area contributed by atoms with Crippen LogP contribution in [0.2, 0.25) is 0 Å². The number of carbonyl (C=O) groups excluding carboxylic acids is 2. The van der Waals surface area contributed by atoms with E-state index in [-0.39, 0.29) is 11.9 Å². The molecule has 0 fully saturated rings. The van der Waals surface area contributed by atoms with Gasteiger partial charge in [0.05, 0.1) is 18.3 Å². The number of furan rings is 1. The number of urea groups is 1. The fourth-order valence-electron chi connectivity index (χ4n) is 1.35. The van der Waals surface area contributed by atoms with Crippen molar-refractivity contribution < 1.29 is 14.0 Å². The Hall–Kier alpha value is -1.82. The van der Waals surface area contributed by atoms with E-state index >= 15 is 0 Å². The molecule has 0 spiro atoms. The highest BCUT2D eigenvalue weighted by Gasteiger charge is 2.18. The van der Waals surface area contributed by atoms with Crippen molar-refractivity contribution in [1.29, 1.82) is 0 Å². The van der Waals surface area contributed by atoms with E-state index in [4.69, 9.17) is 4.42 Å². The van der Waals surface area contributed by atoms with Crippen molar-refractivity contribution in [3.05, 3.63) is 24.2 Å². The van der Waals surface area contributed by atoms with Crippen LogP contribution < -0.4 is 16.0 Å². The monoisotopic (exact) mass is 239 g/mol. The minimum absolute atomic E-state index is 0.101. The molecule has 0 aliphatic rings. The van der Waals surface area contributed by atoms with Gasteiger partial charge in [0.1, 0.15) is 5.76 Å². The van der Waals surface area contributed by atoms with Crippen LogP contribution in [0.1, 0.15) is 25.6 Å². The van der Waals surface area contributed by atoms with Crippen molar-refractivity contribution in [2.45, 2.75) is 25.9 Å². The van der Waals surface area contributed by atoms with Crippen LogP contribution in [0.3, 0.4) is 0 Å². The molecule has 0 radical (unpaired) electrons. The zero-order valence-electron chi connectivity index (χ0n) is 10.1. The summed E-state index contributed by atoms with van der Waals surface area (Å²) in [6.07, 6.45) is 1.57. The molecule has 0 saturated heterocycles. The van der Waals surface area contributed by atoms with Gasteiger partial charge in [0, 0.05) is 7.05 Å². The zero-order valence-corrected chi connectivity index (χ0v) is 10.1. The first kappa shape index (κ1) is 13.2. The summed E-state index contributed by atoms with van der Waals surface area (Å²) in [5, 5.41) is 7.54. The molecule has 0 aromatic carbocycles. The van der Waals surface area contributed by atoms with Crippen LogP contribution in [-0.4, -0.2) is 25.0 Å². The molecule has 0 aliphatic carbocycles. The molecule has 0 unspecified atom stereocenters. The van der Waals surface area contributed by atoms with Gasteiger partial charge in [-0.1, -0.05) is 0 Å². The predicted molar refractivity (Wildman–Crippen MR) is 62.3 cm³/mol.